The summed E-state index contributed by atoms with van der Waals surface area (Å²) in [5.41, 5.74) is 5.34. The molecule has 3 N–H and O–H groups in total. The van der Waals surface area contributed by atoms with Gasteiger partial charge in [0.15, 0.2) is 5.82 Å². The average Bonchev–Trinajstić information content (AvgIpc) is 2.21. The van der Waals surface area contributed by atoms with Gasteiger partial charge in [0.05, 0.1) is 0 Å². The van der Waals surface area contributed by atoms with Gasteiger partial charge in [-0.25, -0.2) is 4.98 Å². The highest BCUT2D eigenvalue weighted by atomic mass is 16.1. The second kappa shape index (κ2) is 5.50. The molecule has 1 atom stereocenters. The fraction of sp³-hybridized carbons (Fsp3) is 0.600. The van der Waals surface area contributed by atoms with Crippen molar-refractivity contribution < 1.29 is 0 Å². The Bertz CT molecular complexity index is 361. The number of nitrogens with one attached hydrogen (secondary N) is 1. The van der Waals surface area contributed by atoms with Gasteiger partial charge in [0.1, 0.15) is 0 Å². The molecule has 15 heavy (non-hydrogen) atoms. The first-order valence-corrected chi connectivity index (χ1v) is 5.10. The van der Waals surface area contributed by atoms with E-state index in [2.05, 4.69) is 17.2 Å². The third-order valence-electron chi connectivity index (χ3n) is 2.29. The van der Waals surface area contributed by atoms with Crippen LogP contribution in [-0.4, -0.2) is 22.6 Å². The Kier molecular flexibility index (Phi) is 4.30. The van der Waals surface area contributed by atoms with Crippen LogP contribution in [0.2, 0.25) is 0 Å². The van der Waals surface area contributed by atoms with Gasteiger partial charge in [-0.3, -0.25) is 4.79 Å². The average molecular weight is 210 g/mol. The van der Waals surface area contributed by atoms with Crippen LogP contribution in [0.15, 0.2) is 17.2 Å². The topological polar surface area (TPSA) is 72.9 Å². The summed E-state index contributed by atoms with van der Waals surface area (Å²) < 4.78 is 1.50. The molecule has 0 aliphatic rings. The van der Waals surface area contributed by atoms with Crippen molar-refractivity contribution in [3.8, 4) is 0 Å². The molecule has 5 nitrogen and oxygen atoms in total. The van der Waals surface area contributed by atoms with E-state index in [9.17, 15) is 4.79 Å². The Morgan fingerprint density at radius 1 is 1.67 bits per heavy atom. The van der Waals surface area contributed by atoms with Gasteiger partial charge in [0, 0.05) is 26.0 Å². The van der Waals surface area contributed by atoms with Crippen LogP contribution in [0, 0.1) is 5.92 Å². The first kappa shape index (κ1) is 11.7. The van der Waals surface area contributed by atoms with Crippen LogP contribution in [-0.2, 0) is 7.05 Å². The lowest BCUT2D eigenvalue weighted by atomic mass is 10.1. The molecule has 0 bridgehead atoms. The van der Waals surface area contributed by atoms with E-state index in [0.29, 0.717) is 18.3 Å². The first-order valence-electron chi connectivity index (χ1n) is 5.10. The molecule has 1 aromatic heterocycles. The summed E-state index contributed by atoms with van der Waals surface area (Å²) in [5.74, 6) is 0.852. The van der Waals surface area contributed by atoms with E-state index >= 15 is 0 Å². The van der Waals surface area contributed by atoms with Gasteiger partial charge in [0.25, 0.3) is 5.56 Å². The monoisotopic (exact) mass is 210 g/mol. The highest BCUT2D eigenvalue weighted by molar-refractivity contribution is 5.30. The Morgan fingerprint density at radius 3 is 3.07 bits per heavy atom. The van der Waals surface area contributed by atoms with Gasteiger partial charge in [-0.2, -0.15) is 0 Å². The van der Waals surface area contributed by atoms with E-state index in [4.69, 9.17) is 5.73 Å². The molecule has 0 radical (unpaired) electrons. The van der Waals surface area contributed by atoms with Crippen LogP contribution in [0.3, 0.4) is 0 Å². The van der Waals surface area contributed by atoms with Gasteiger partial charge in [0.2, 0.25) is 0 Å². The van der Waals surface area contributed by atoms with Gasteiger partial charge in [-0.15, -0.1) is 0 Å². The van der Waals surface area contributed by atoms with Crippen molar-refractivity contribution in [1.82, 2.24) is 9.55 Å². The number of rotatable bonds is 5. The Hall–Kier alpha value is -1.36. The largest absolute Gasteiger partial charge is 0.365 e. The van der Waals surface area contributed by atoms with E-state index < -0.39 is 0 Å². The van der Waals surface area contributed by atoms with Crippen molar-refractivity contribution in [2.75, 3.05) is 18.4 Å². The number of aromatic nitrogens is 2. The van der Waals surface area contributed by atoms with E-state index in [0.717, 1.165) is 13.0 Å². The molecule has 0 fully saturated rings. The minimum absolute atomic E-state index is 0.0996. The highest BCUT2D eigenvalue weighted by Crippen LogP contribution is 2.01. The maximum absolute atomic E-state index is 11.6. The summed E-state index contributed by atoms with van der Waals surface area (Å²) in [5, 5.41) is 3.04. The summed E-state index contributed by atoms with van der Waals surface area (Å²) in [7, 11) is 1.71. The van der Waals surface area contributed by atoms with E-state index in [1.54, 1.807) is 19.4 Å². The molecule has 1 rings (SSSR count). The molecule has 5 heteroatoms. The van der Waals surface area contributed by atoms with Crippen LogP contribution in [0.25, 0.3) is 0 Å². The summed E-state index contributed by atoms with van der Waals surface area (Å²) in [4.78, 5) is 15.5. The minimum atomic E-state index is -0.0996. The van der Waals surface area contributed by atoms with Gasteiger partial charge in [-0.1, -0.05) is 6.92 Å². The first-order chi connectivity index (χ1) is 7.15. The van der Waals surface area contributed by atoms with Crippen molar-refractivity contribution in [1.29, 1.82) is 0 Å². The molecule has 0 amide bonds. The van der Waals surface area contributed by atoms with Crippen molar-refractivity contribution in [3.05, 3.63) is 22.7 Å². The van der Waals surface area contributed by atoms with Crippen LogP contribution in [0.4, 0.5) is 5.82 Å². The molecular weight excluding hydrogens is 192 g/mol. The molecule has 1 heterocycles. The molecule has 0 aliphatic carbocycles. The van der Waals surface area contributed by atoms with Crippen molar-refractivity contribution in [2.24, 2.45) is 18.7 Å². The van der Waals surface area contributed by atoms with Crippen LogP contribution < -0.4 is 16.6 Å². The Labute approximate surface area is 89.3 Å². The molecule has 0 aromatic carbocycles. The zero-order valence-corrected chi connectivity index (χ0v) is 9.23. The Balaban J connectivity index is 2.58. The minimum Gasteiger partial charge on any atom is -0.365 e. The van der Waals surface area contributed by atoms with Gasteiger partial charge in [-0.05, 0) is 18.9 Å². The number of anilines is 1. The van der Waals surface area contributed by atoms with Crippen molar-refractivity contribution >= 4 is 5.82 Å². The molecule has 1 unspecified atom stereocenters. The second-order valence-electron chi connectivity index (χ2n) is 3.76. The summed E-state index contributed by atoms with van der Waals surface area (Å²) in [6.07, 6.45) is 4.19. The summed E-state index contributed by atoms with van der Waals surface area (Å²) >= 11 is 0. The molecule has 0 saturated heterocycles. The predicted molar refractivity (Wildman–Crippen MR) is 60.8 cm³/mol. The molecule has 0 aliphatic heterocycles. The maximum Gasteiger partial charge on any atom is 0.293 e. The number of hydrogen-bond donors (Lipinski definition) is 2. The molecule has 84 valence electrons. The molecule has 0 spiro atoms. The predicted octanol–water partition coefficient (Wildman–Crippen LogP) is 0.177. The highest BCUT2D eigenvalue weighted by Gasteiger charge is 2.04. The molecular formula is C10H18N4O. The lowest BCUT2D eigenvalue weighted by Gasteiger charge is -2.11. The second-order valence-corrected chi connectivity index (χ2v) is 3.76. The van der Waals surface area contributed by atoms with Gasteiger partial charge < -0.3 is 15.6 Å². The van der Waals surface area contributed by atoms with Crippen LogP contribution >= 0.6 is 0 Å². The number of aryl methyl sites for hydroxylation is 1. The fourth-order valence-electron chi connectivity index (χ4n) is 1.28. The number of nitrogens with two attached hydrogens (primary N) is 1. The number of nitrogens with zero attached hydrogens (tertiary/aromatic N) is 2. The number of hydrogen-bond acceptors (Lipinski definition) is 4. The van der Waals surface area contributed by atoms with Gasteiger partial charge >= 0.3 is 0 Å². The lowest BCUT2D eigenvalue weighted by molar-refractivity contribution is 0.567. The van der Waals surface area contributed by atoms with E-state index in [1.807, 2.05) is 0 Å². The quantitative estimate of drug-likeness (QED) is 0.727. The SMILES string of the molecule is CC(CCN)CNc1nccn(C)c1=O. The maximum atomic E-state index is 11.6. The third-order valence-corrected chi connectivity index (χ3v) is 2.29. The normalized spacial score (nSPS) is 12.5. The zero-order chi connectivity index (χ0) is 11.3. The lowest BCUT2D eigenvalue weighted by Crippen LogP contribution is -2.24. The van der Waals surface area contributed by atoms with Crippen LogP contribution in [0.1, 0.15) is 13.3 Å². The van der Waals surface area contributed by atoms with Crippen molar-refractivity contribution in [3.63, 3.8) is 0 Å². The van der Waals surface area contributed by atoms with Crippen molar-refractivity contribution in [2.45, 2.75) is 13.3 Å². The zero-order valence-electron chi connectivity index (χ0n) is 9.23. The third kappa shape index (κ3) is 3.36. The standard InChI is InChI=1S/C10H18N4O/c1-8(3-4-11)7-13-9-10(15)14(2)6-5-12-9/h5-6,8H,3-4,7,11H2,1-2H3,(H,12,13). The fourth-order valence-corrected chi connectivity index (χ4v) is 1.28. The molecule has 0 saturated carbocycles. The van der Waals surface area contributed by atoms with Crippen LogP contribution in [0.5, 0.6) is 0 Å². The smallest absolute Gasteiger partial charge is 0.293 e. The van der Waals surface area contributed by atoms with E-state index in [1.165, 1.54) is 4.57 Å². The Morgan fingerprint density at radius 2 is 2.40 bits per heavy atom. The summed E-state index contributed by atoms with van der Waals surface area (Å²) in [6, 6.07) is 0. The van der Waals surface area contributed by atoms with E-state index in [-0.39, 0.29) is 5.56 Å². The summed E-state index contributed by atoms with van der Waals surface area (Å²) in [6.45, 7) is 3.49. The molecule has 1 aromatic rings.